The maximum Gasteiger partial charge on any atom is 2.00 e. The second-order valence-corrected chi connectivity index (χ2v) is 3.47. The van der Waals surface area contributed by atoms with Gasteiger partial charge in [-0.2, -0.15) is 0 Å². The third-order valence-corrected chi connectivity index (χ3v) is 1.82. The van der Waals surface area contributed by atoms with E-state index < -0.39 is 36.8 Å². The van der Waals surface area contributed by atoms with Gasteiger partial charge in [-0.05, 0) is 32.2 Å². The van der Waals surface area contributed by atoms with E-state index in [4.69, 9.17) is 16.6 Å². The van der Waals surface area contributed by atoms with E-state index in [0.717, 1.165) is 12.8 Å². The molecule has 0 saturated carbocycles. The van der Waals surface area contributed by atoms with Crippen LogP contribution in [0.3, 0.4) is 0 Å². The third kappa shape index (κ3) is 22.7. The topological polar surface area (TPSA) is 170 Å². The van der Waals surface area contributed by atoms with Crippen LogP contribution in [0.25, 0.3) is 0 Å². The number of nitrogens with two attached hydrogens (primary N) is 2. The van der Waals surface area contributed by atoms with Crippen LogP contribution in [-0.2, 0) is 14.4 Å². The van der Waals surface area contributed by atoms with Crippen LogP contribution in [0.4, 0.5) is 0 Å². The first-order valence-corrected chi connectivity index (χ1v) is 5.39. The quantitative estimate of drug-likeness (QED) is 0.303. The van der Waals surface area contributed by atoms with Gasteiger partial charge in [0.15, 0.2) is 0 Å². The molecule has 0 heterocycles. The molecule has 0 bridgehead atoms. The van der Waals surface area contributed by atoms with Crippen molar-refractivity contribution in [2.75, 3.05) is 6.54 Å². The first kappa shape index (κ1) is 23.2. The zero-order valence-corrected chi connectivity index (χ0v) is 12.1. The number of hydrogen-bond acceptors (Lipinski definition) is 7. The molecular weight excluding hydrogens is 268 g/mol. The van der Waals surface area contributed by atoms with Gasteiger partial charge in [0.25, 0.3) is 0 Å². The van der Waals surface area contributed by atoms with Gasteiger partial charge in [-0.3, -0.25) is 4.79 Å². The summed E-state index contributed by atoms with van der Waals surface area (Å²) in [5.74, 6) is -3.67. The van der Waals surface area contributed by atoms with E-state index >= 15 is 0 Å². The summed E-state index contributed by atoms with van der Waals surface area (Å²) in [4.78, 5) is 29.1. The third-order valence-electron chi connectivity index (χ3n) is 1.82. The van der Waals surface area contributed by atoms with Gasteiger partial charge in [0, 0.05) is 11.9 Å². The molecule has 0 spiro atoms. The van der Waals surface area contributed by atoms with Crippen molar-refractivity contribution < 1.29 is 29.7 Å². The molecule has 19 heavy (non-hydrogen) atoms. The molecule has 0 amide bonds. The van der Waals surface area contributed by atoms with Crippen LogP contribution in [-0.4, -0.2) is 58.7 Å². The Kier molecular flexibility index (Phi) is 18.5. The zero-order chi connectivity index (χ0) is 14.6. The minimum atomic E-state index is -1.37. The van der Waals surface area contributed by atoms with Crippen LogP contribution in [0.1, 0.15) is 32.1 Å². The van der Waals surface area contributed by atoms with Gasteiger partial charge in [-0.25, -0.2) is 0 Å². The Balaban J connectivity index is -0.000000262. The Hall–Kier alpha value is -0.904. The number of carboxylic acid groups (broad SMARTS) is 3. The number of hydrogen-bond donors (Lipinski definition) is 3. The summed E-state index contributed by atoms with van der Waals surface area (Å²) in [6.45, 7) is 0.604. The van der Waals surface area contributed by atoms with Gasteiger partial charge < -0.3 is 36.4 Å². The van der Waals surface area contributed by atoms with E-state index in [-0.39, 0.29) is 23.1 Å². The van der Waals surface area contributed by atoms with Crippen molar-refractivity contribution in [2.24, 2.45) is 11.5 Å². The molecule has 0 radical (unpaired) electrons. The van der Waals surface area contributed by atoms with Crippen molar-refractivity contribution in [3.8, 4) is 0 Å². The molecule has 0 aromatic carbocycles. The van der Waals surface area contributed by atoms with Gasteiger partial charge >= 0.3 is 29.0 Å². The normalized spacial score (nSPS) is 10.4. The summed E-state index contributed by atoms with van der Waals surface area (Å²) in [6, 6.07) is -0.716. The van der Waals surface area contributed by atoms with E-state index in [1.54, 1.807) is 0 Å². The average molecular weight is 287 g/mol. The summed E-state index contributed by atoms with van der Waals surface area (Å²) in [6.07, 6.45) is 1.22. The molecule has 0 aliphatic heterocycles. The standard InChI is InChI=1S/C6H14N2O2.C4H6O4.Mg/c7-4-2-1-3-5(8)6(9)10;5-3(6)1-2-4(7)8;/h5H,1-4,7-8H2,(H,9,10);1-2H2,(H,5,6)(H,7,8);/q;;+2/p-2. The summed E-state index contributed by atoms with van der Waals surface area (Å²) < 4.78 is 0. The molecule has 1 unspecified atom stereocenters. The predicted octanol–water partition coefficient (Wildman–Crippen LogP) is -3.59. The van der Waals surface area contributed by atoms with E-state index in [0.29, 0.717) is 13.0 Å². The fourth-order valence-corrected chi connectivity index (χ4v) is 0.836. The Morgan fingerprint density at radius 3 is 1.74 bits per heavy atom. The Bertz CT molecular complexity index is 261. The molecule has 9 heteroatoms. The van der Waals surface area contributed by atoms with Crippen molar-refractivity contribution in [2.45, 2.75) is 38.1 Å². The van der Waals surface area contributed by atoms with Gasteiger partial charge in [0.05, 0.1) is 0 Å². The fourth-order valence-electron chi connectivity index (χ4n) is 0.836. The Labute approximate surface area is 127 Å². The molecule has 0 rings (SSSR count). The van der Waals surface area contributed by atoms with Crippen LogP contribution in [0.5, 0.6) is 0 Å². The van der Waals surface area contributed by atoms with Gasteiger partial charge in [-0.1, -0.05) is 6.42 Å². The Morgan fingerprint density at radius 2 is 1.47 bits per heavy atom. The number of unbranched alkanes of at least 4 members (excludes halogenated alkanes) is 1. The van der Waals surface area contributed by atoms with E-state index in [1.165, 1.54) is 0 Å². The maximum absolute atomic E-state index is 10.1. The monoisotopic (exact) mass is 286 g/mol. The molecule has 1 atom stereocenters. The number of carbonyl (C=O) groups is 3. The fraction of sp³-hybridized carbons (Fsp3) is 0.700. The largest absolute Gasteiger partial charge is 2.00 e. The minimum absolute atomic E-state index is 0. The molecule has 0 aliphatic rings. The van der Waals surface area contributed by atoms with Crippen molar-refractivity contribution in [3.63, 3.8) is 0 Å². The molecule has 8 nitrogen and oxygen atoms in total. The van der Waals surface area contributed by atoms with E-state index in [2.05, 4.69) is 0 Å². The number of carbonyl (C=O) groups excluding carboxylic acids is 2. The van der Waals surface area contributed by atoms with Crippen molar-refractivity contribution in [1.82, 2.24) is 0 Å². The average Bonchev–Trinajstić information content (AvgIpc) is 2.27. The zero-order valence-electron chi connectivity index (χ0n) is 10.7. The minimum Gasteiger partial charge on any atom is -0.550 e. The summed E-state index contributed by atoms with van der Waals surface area (Å²) >= 11 is 0. The van der Waals surface area contributed by atoms with Gasteiger partial charge in [-0.15, -0.1) is 0 Å². The molecule has 106 valence electrons. The SMILES string of the molecule is NCCCCC(N)C(=O)O.O=C([O-])CCC(=O)[O-].[Mg+2]. The van der Waals surface area contributed by atoms with E-state index in [1.807, 2.05) is 0 Å². The first-order chi connectivity index (χ1) is 8.31. The summed E-state index contributed by atoms with van der Waals surface area (Å²) in [7, 11) is 0. The van der Waals surface area contributed by atoms with Crippen molar-refractivity contribution >= 4 is 41.0 Å². The smallest absolute Gasteiger partial charge is 0.550 e. The van der Waals surface area contributed by atoms with Crippen LogP contribution in [0.15, 0.2) is 0 Å². The number of rotatable bonds is 8. The summed E-state index contributed by atoms with van der Waals surface area (Å²) in [5, 5.41) is 27.3. The van der Waals surface area contributed by atoms with Gasteiger partial charge in [0.1, 0.15) is 6.04 Å². The van der Waals surface area contributed by atoms with Crippen LogP contribution in [0, 0.1) is 0 Å². The maximum atomic E-state index is 10.1. The molecule has 0 saturated heterocycles. The molecular formula is C10H18MgN2O6. The molecule has 5 N–H and O–H groups in total. The first-order valence-electron chi connectivity index (χ1n) is 5.39. The van der Waals surface area contributed by atoms with Crippen molar-refractivity contribution in [3.05, 3.63) is 0 Å². The van der Waals surface area contributed by atoms with E-state index in [9.17, 15) is 24.6 Å². The Morgan fingerprint density at radius 1 is 1.05 bits per heavy atom. The predicted molar refractivity (Wildman–Crippen MR) is 63.5 cm³/mol. The molecule has 0 aromatic rings. The summed E-state index contributed by atoms with van der Waals surface area (Å²) in [5.41, 5.74) is 10.4. The second kappa shape index (κ2) is 15.2. The second-order valence-electron chi connectivity index (χ2n) is 3.47. The number of aliphatic carboxylic acids is 3. The van der Waals surface area contributed by atoms with Crippen LogP contribution < -0.4 is 21.7 Å². The van der Waals surface area contributed by atoms with Crippen LogP contribution in [0.2, 0.25) is 0 Å². The number of carboxylic acids is 3. The molecule has 0 fully saturated rings. The van der Waals surface area contributed by atoms with Crippen molar-refractivity contribution in [1.29, 1.82) is 0 Å². The molecule has 0 aliphatic carbocycles. The van der Waals surface area contributed by atoms with Crippen LogP contribution >= 0.6 is 0 Å². The van der Waals surface area contributed by atoms with Gasteiger partial charge in [0.2, 0.25) is 0 Å². The molecule has 0 aromatic heterocycles.